The standard InChI is InChI=1S/C15H23FN2O2/c1-2-6-20-15-9-14(13(17)8-12(15)16)18-10-11-5-3-4-7-19-11/h8-9,11,18H,2-7,10,17H2,1H3. The van der Waals surface area contributed by atoms with Gasteiger partial charge in [-0.25, -0.2) is 4.39 Å². The fraction of sp³-hybridized carbons (Fsp3) is 0.600. The Morgan fingerprint density at radius 1 is 1.45 bits per heavy atom. The van der Waals surface area contributed by atoms with Crippen LogP contribution in [0.1, 0.15) is 32.6 Å². The van der Waals surface area contributed by atoms with Crippen LogP contribution in [-0.4, -0.2) is 25.9 Å². The third-order valence-corrected chi connectivity index (χ3v) is 3.36. The number of nitrogens with one attached hydrogen (secondary N) is 1. The summed E-state index contributed by atoms with van der Waals surface area (Å²) >= 11 is 0. The smallest absolute Gasteiger partial charge is 0.167 e. The number of hydrogen-bond acceptors (Lipinski definition) is 4. The number of benzene rings is 1. The van der Waals surface area contributed by atoms with Crippen LogP contribution in [0.3, 0.4) is 0 Å². The third-order valence-electron chi connectivity index (χ3n) is 3.36. The normalized spacial score (nSPS) is 18.8. The number of anilines is 2. The van der Waals surface area contributed by atoms with E-state index in [-0.39, 0.29) is 11.9 Å². The van der Waals surface area contributed by atoms with E-state index in [2.05, 4.69) is 5.32 Å². The molecule has 5 heteroatoms. The molecule has 0 aliphatic carbocycles. The van der Waals surface area contributed by atoms with Gasteiger partial charge in [0.05, 0.1) is 24.1 Å². The van der Waals surface area contributed by atoms with Crippen molar-refractivity contribution in [3.05, 3.63) is 17.9 Å². The molecule has 0 saturated carbocycles. The zero-order chi connectivity index (χ0) is 14.4. The zero-order valence-electron chi connectivity index (χ0n) is 12.0. The van der Waals surface area contributed by atoms with E-state index in [0.29, 0.717) is 24.5 Å². The lowest BCUT2D eigenvalue weighted by Gasteiger charge is -2.23. The largest absolute Gasteiger partial charge is 0.490 e. The highest BCUT2D eigenvalue weighted by molar-refractivity contribution is 5.68. The summed E-state index contributed by atoms with van der Waals surface area (Å²) in [7, 11) is 0. The lowest BCUT2D eigenvalue weighted by Crippen LogP contribution is -2.27. The first kappa shape index (κ1) is 14.9. The molecule has 112 valence electrons. The molecule has 0 radical (unpaired) electrons. The average molecular weight is 282 g/mol. The first-order valence-electron chi connectivity index (χ1n) is 7.28. The molecule has 1 aromatic rings. The Balaban J connectivity index is 1.98. The highest BCUT2D eigenvalue weighted by Crippen LogP contribution is 2.28. The topological polar surface area (TPSA) is 56.5 Å². The van der Waals surface area contributed by atoms with Gasteiger partial charge in [0.1, 0.15) is 0 Å². The molecular formula is C15H23FN2O2. The van der Waals surface area contributed by atoms with Crippen molar-refractivity contribution in [3.8, 4) is 5.75 Å². The quantitative estimate of drug-likeness (QED) is 0.787. The Bertz CT molecular complexity index is 434. The van der Waals surface area contributed by atoms with Crippen molar-refractivity contribution in [1.29, 1.82) is 0 Å². The third kappa shape index (κ3) is 4.00. The van der Waals surface area contributed by atoms with E-state index in [9.17, 15) is 4.39 Å². The van der Waals surface area contributed by atoms with E-state index in [4.69, 9.17) is 15.2 Å². The summed E-state index contributed by atoms with van der Waals surface area (Å²) in [6, 6.07) is 2.93. The Kier molecular flexibility index (Phi) is 5.47. The van der Waals surface area contributed by atoms with Crippen LogP contribution in [0.25, 0.3) is 0 Å². The number of rotatable bonds is 6. The summed E-state index contributed by atoms with van der Waals surface area (Å²) in [5, 5.41) is 3.23. The van der Waals surface area contributed by atoms with Crippen molar-refractivity contribution in [2.75, 3.05) is 30.8 Å². The molecule has 1 fully saturated rings. The van der Waals surface area contributed by atoms with Crippen LogP contribution in [0.5, 0.6) is 5.75 Å². The fourth-order valence-electron chi connectivity index (χ4n) is 2.24. The van der Waals surface area contributed by atoms with Gasteiger partial charge in [0.2, 0.25) is 0 Å². The van der Waals surface area contributed by atoms with E-state index in [1.807, 2.05) is 6.92 Å². The molecule has 20 heavy (non-hydrogen) atoms. The van der Waals surface area contributed by atoms with Gasteiger partial charge < -0.3 is 20.5 Å². The summed E-state index contributed by atoms with van der Waals surface area (Å²) in [5.74, 6) is -0.177. The molecule has 0 spiro atoms. The highest BCUT2D eigenvalue weighted by Gasteiger charge is 2.15. The molecule has 1 heterocycles. The molecule has 1 aliphatic heterocycles. The molecule has 2 rings (SSSR count). The Morgan fingerprint density at radius 2 is 2.30 bits per heavy atom. The minimum Gasteiger partial charge on any atom is -0.490 e. The minimum absolute atomic E-state index is 0.202. The van der Waals surface area contributed by atoms with Crippen LogP contribution in [0.2, 0.25) is 0 Å². The lowest BCUT2D eigenvalue weighted by atomic mass is 10.1. The summed E-state index contributed by atoms with van der Waals surface area (Å²) in [6.45, 7) is 3.97. The zero-order valence-corrected chi connectivity index (χ0v) is 12.0. The second-order valence-corrected chi connectivity index (χ2v) is 5.09. The van der Waals surface area contributed by atoms with E-state index in [0.717, 1.165) is 25.9 Å². The van der Waals surface area contributed by atoms with Crippen molar-refractivity contribution in [2.24, 2.45) is 0 Å². The molecule has 0 aromatic heterocycles. The van der Waals surface area contributed by atoms with Gasteiger partial charge in [0.25, 0.3) is 0 Å². The summed E-state index contributed by atoms with van der Waals surface area (Å²) in [5.41, 5.74) is 6.93. The average Bonchev–Trinajstić information content (AvgIpc) is 2.46. The molecule has 1 aromatic carbocycles. The molecule has 3 N–H and O–H groups in total. The molecule has 1 unspecified atom stereocenters. The van der Waals surface area contributed by atoms with Gasteiger partial charge in [-0.3, -0.25) is 0 Å². The predicted molar refractivity (Wildman–Crippen MR) is 78.7 cm³/mol. The molecule has 1 atom stereocenters. The van der Waals surface area contributed by atoms with E-state index in [1.165, 1.54) is 12.5 Å². The number of nitrogen functional groups attached to an aromatic ring is 1. The Labute approximate surface area is 119 Å². The monoisotopic (exact) mass is 282 g/mol. The van der Waals surface area contributed by atoms with Crippen molar-refractivity contribution >= 4 is 11.4 Å². The molecule has 0 amide bonds. The van der Waals surface area contributed by atoms with Crippen LogP contribution < -0.4 is 15.8 Å². The predicted octanol–water partition coefficient (Wildman–Crippen LogP) is 3.18. The maximum atomic E-state index is 13.7. The van der Waals surface area contributed by atoms with Crippen LogP contribution in [-0.2, 0) is 4.74 Å². The van der Waals surface area contributed by atoms with Gasteiger partial charge in [0.15, 0.2) is 11.6 Å². The molecule has 1 saturated heterocycles. The van der Waals surface area contributed by atoms with Crippen molar-refractivity contribution in [2.45, 2.75) is 38.7 Å². The summed E-state index contributed by atoms with van der Waals surface area (Å²) in [4.78, 5) is 0. The van der Waals surface area contributed by atoms with Gasteiger partial charge in [-0.1, -0.05) is 6.92 Å². The molecule has 4 nitrogen and oxygen atoms in total. The lowest BCUT2D eigenvalue weighted by molar-refractivity contribution is 0.0248. The Hall–Kier alpha value is -1.49. The highest BCUT2D eigenvalue weighted by atomic mass is 19.1. The number of halogens is 1. The maximum Gasteiger partial charge on any atom is 0.167 e. The SMILES string of the molecule is CCCOc1cc(NCC2CCCCO2)c(N)cc1F. The van der Waals surface area contributed by atoms with Gasteiger partial charge >= 0.3 is 0 Å². The second-order valence-electron chi connectivity index (χ2n) is 5.09. The van der Waals surface area contributed by atoms with Crippen LogP contribution in [0.15, 0.2) is 12.1 Å². The van der Waals surface area contributed by atoms with E-state index < -0.39 is 5.82 Å². The van der Waals surface area contributed by atoms with Crippen molar-refractivity contribution in [3.63, 3.8) is 0 Å². The van der Waals surface area contributed by atoms with Gasteiger partial charge in [-0.05, 0) is 25.7 Å². The first-order valence-corrected chi connectivity index (χ1v) is 7.28. The first-order chi connectivity index (χ1) is 9.70. The number of ether oxygens (including phenoxy) is 2. The summed E-state index contributed by atoms with van der Waals surface area (Å²) < 4.78 is 24.7. The minimum atomic E-state index is -0.421. The van der Waals surface area contributed by atoms with Gasteiger partial charge in [0, 0.05) is 25.3 Å². The molecule has 0 bridgehead atoms. The fourth-order valence-corrected chi connectivity index (χ4v) is 2.24. The Morgan fingerprint density at radius 3 is 3.00 bits per heavy atom. The van der Waals surface area contributed by atoms with E-state index in [1.54, 1.807) is 6.07 Å². The second kappa shape index (κ2) is 7.33. The van der Waals surface area contributed by atoms with Crippen LogP contribution in [0, 0.1) is 5.82 Å². The summed E-state index contributed by atoms with van der Waals surface area (Å²) in [6.07, 6.45) is 4.41. The van der Waals surface area contributed by atoms with Crippen molar-refractivity contribution in [1.82, 2.24) is 0 Å². The molecule has 1 aliphatic rings. The maximum absolute atomic E-state index is 13.7. The van der Waals surface area contributed by atoms with Gasteiger partial charge in [-0.2, -0.15) is 0 Å². The molecular weight excluding hydrogens is 259 g/mol. The number of nitrogens with two attached hydrogens (primary N) is 1. The van der Waals surface area contributed by atoms with Gasteiger partial charge in [-0.15, -0.1) is 0 Å². The number of hydrogen-bond donors (Lipinski definition) is 2. The van der Waals surface area contributed by atoms with Crippen LogP contribution in [0.4, 0.5) is 15.8 Å². The van der Waals surface area contributed by atoms with Crippen molar-refractivity contribution < 1.29 is 13.9 Å². The van der Waals surface area contributed by atoms with Crippen LogP contribution >= 0.6 is 0 Å². The van der Waals surface area contributed by atoms with E-state index >= 15 is 0 Å².